The summed E-state index contributed by atoms with van der Waals surface area (Å²) in [4.78, 5) is 41.6. The van der Waals surface area contributed by atoms with Gasteiger partial charge >= 0.3 is 0 Å². The summed E-state index contributed by atoms with van der Waals surface area (Å²) in [5, 5.41) is 0. The Balaban J connectivity index is 1.59. The molecule has 1 aromatic carbocycles. The number of benzene rings is 1. The van der Waals surface area contributed by atoms with E-state index in [0.717, 1.165) is 16.7 Å². The highest BCUT2D eigenvalue weighted by atomic mass is 16.5. The van der Waals surface area contributed by atoms with Crippen LogP contribution in [0.5, 0.6) is 0 Å². The molecule has 1 fully saturated rings. The molecular weight excluding hydrogens is 406 g/mol. The Bertz CT molecular complexity index is 1070. The predicted octanol–water partition coefficient (Wildman–Crippen LogP) is 2.08. The van der Waals surface area contributed by atoms with Crippen molar-refractivity contribution in [2.45, 2.75) is 12.0 Å². The third-order valence-electron chi connectivity index (χ3n) is 5.49. The number of carbonyl (C=O) groups is 2. The second-order valence-electron chi connectivity index (χ2n) is 7.98. The van der Waals surface area contributed by atoms with E-state index in [1.807, 2.05) is 42.6 Å². The predicted molar refractivity (Wildman–Crippen MR) is 119 cm³/mol. The highest BCUT2D eigenvalue weighted by Crippen LogP contribution is 2.27. The number of hydrogen-bond acceptors (Lipinski definition) is 6. The largest absolute Gasteiger partial charge is 0.361 e. The van der Waals surface area contributed by atoms with Crippen LogP contribution in [0.3, 0.4) is 0 Å². The lowest BCUT2D eigenvalue weighted by atomic mass is 9.90. The molecule has 2 amide bonds. The fraction of sp³-hybridized carbons (Fsp3) is 0.292. The first-order chi connectivity index (χ1) is 15.5. The van der Waals surface area contributed by atoms with Crippen LogP contribution >= 0.6 is 0 Å². The summed E-state index contributed by atoms with van der Waals surface area (Å²) in [7, 11) is 3.39. The third kappa shape index (κ3) is 4.50. The summed E-state index contributed by atoms with van der Waals surface area (Å²) in [6, 6.07) is 11.9. The summed E-state index contributed by atoms with van der Waals surface area (Å²) >= 11 is 0. The Morgan fingerprint density at radius 3 is 2.47 bits per heavy atom. The van der Waals surface area contributed by atoms with Crippen molar-refractivity contribution in [3.05, 3.63) is 78.6 Å². The minimum Gasteiger partial charge on any atom is -0.361 e. The standard InChI is InChI=1S/C24H25N5O3/c1-28(2)23(31)24(14-18-5-7-19(8-6-18)20-4-3-9-25-15-20)17-29(12-13-32-24)22(30)21-16-26-10-11-27-21/h3-11,15-16H,12-14,17H2,1-2H3. The molecule has 1 aliphatic heterocycles. The average Bonchev–Trinajstić information content (AvgIpc) is 2.84. The van der Waals surface area contributed by atoms with Crippen molar-refractivity contribution in [3.8, 4) is 11.1 Å². The van der Waals surface area contributed by atoms with Gasteiger partial charge in [-0.05, 0) is 22.8 Å². The van der Waals surface area contributed by atoms with E-state index in [1.165, 1.54) is 23.5 Å². The first-order valence-corrected chi connectivity index (χ1v) is 10.4. The van der Waals surface area contributed by atoms with Crippen molar-refractivity contribution < 1.29 is 14.3 Å². The summed E-state index contributed by atoms with van der Waals surface area (Å²) in [5.41, 5.74) is 2.09. The van der Waals surface area contributed by atoms with Crippen LogP contribution in [0.25, 0.3) is 11.1 Å². The molecule has 0 N–H and O–H groups in total. The van der Waals surface area contributed by atoms with Crippen LogP contribution in [-0.4, -0.2) is 76.0 Å². The Hall–Kier alpha value is -3.65. The molecule has 0 aliphatic carbocycles. The summed E-state index contributed by atoms with van der Waals surface area (Å²) in [6.45, 7) is 0.793. The van der Waals surface area contributed by atoms with Crippen molar-refractivity contribution in [3.63, 3.8) is 0 Å². The van der Waals surface area contributed by atoms with E-state index < -0.39 is 5.60 Å². The lowest BCUT2D eigenvalue weighted by molar-refractivity contribution is -0.165. The highest BCUT2D eigenvalue weighted by Gasteiger charge is 2.46. The Morgan fingerprint density at radius 2 is 1.81 bits per heavy atom. The van der Waals surface area contributed by atoms with Gasteiger partial charge in [0.15, 0.2) is 5.60 Å². The molecule has 0 radical (unpaired) electrons. The van der Waals surface area contributed by atoms with Gasteiger partial charge in [-0.1, -0.05) is 30.3 Å². The van der Waals surface area contributed by atoms with Gasteiger partial charge in [-0.2, -0.15) is 0 Å². The summed E-state index contributed by atoms with van der Waals surface area (Å²) < 4.78 is 6.09. The zero-order chi connectivity index (χ0) is 22.6. The molecule has 1 saturated heterocycles. The lowest BCUT2D eigenvalue weighted by Crippen LogP contribution is -2.61. The number of pyridine rings is 1. The van der Waals surface area contributed by atoms with E-state index in [4.69, 9.17) is 4.74 Å². The molecular formula is C24H25N5O3. The number of amides is 2. The zero-order valence-electron chi connectivity index (χ0n) is 18.1. The molecule has 0 bridgehead atoms. The van der Waals surface area contributed by atoms with Crippen LogP contribution in [0, 0.1) is 0 Å². The maximum atomic E-state index is 13.2. The Labute approximate surface area is 186 Å². The van der Waals surface area contributed by atoms with Gasteiger partial charge in [-0.3, -0.25) is 19.6 Å². The molecule has 3 aromatic rings. The monoisotopic (exact) mass is 431 g/mol. The Kier molecular flexibility index (Phi) is 6.23. The van der Waals surface area contributed by atoms with E-state index in [0.29, 0.717) is 13.0 Å². The van der Waals surface area contributed by atoms with E-state index in [1.54, 1.807) is 25.2 Å². The van der Waals surface area contributed by atoms with Crippen LogP contribution in [0.1, 0.15) is 16.1 Å². The topological polar surface area (TPSA) is 88.5 Å². The van der Waals surface area contributed by atoms with Crippen molar-refractivity contribution in [1.29, 1.82) is 0 Å². The van der Waals surface area contributed by atoms with E-state index in [9.17, 15) is 9.59 Å². The minimum absolute atomic E-state index is 0.143. The number of ether oxygens (including phenoxy) is 1. The molecule has 2 aromatic heterocycles. The fourth-order valence-electron chi connectivity index (χ4n) is 3.93. The van der Waals surface area contributed by atoms with Gasteiger partial charge < -0.3 is 14.5 Å². The molecule has 8 nitrogen and oxygen atoms in total. The van der Waals surface area contributed by atoms with E-state index >= 15 is 0 Å². The van der Waals surface area contributed by atoms with Gasteiger partial charge in [0.05, 0.1) is 19.3 Å². The van der Waals surface area contributed by atoms with Gasteiger partial charge in [0.25, 0.3) is 11.8 Å². The van der Waals surface area contributed by atoms with Crippen LogP contribution in [0.15, 0.2) is 67.4 Å². The molecule has 3 heterocycles. The SMILES string of the molecule is CN(C)C(=O)C1(Cc2ccc(-c3cccnc3)cc2)CN(C(=O)c2cnccn2)CCO1. The fourth-order valence-corrected chi connectivity index (χ4v) is 3.93. The normalized spacial score (nSPS) is 18.2. The van der Waals surface area contributed by atoms with Crippen molar-refractivity contribution in [2.24, 2.45) is 0 Å². The number of aromatic nitrogens is 3. The second-order valence-corrected chi connectivity index (χ2v) is 7.98. The molecule has 1 unspecified atom stereocenters. The zero-order valence-corrected chi connectivity index (χ0v) is 18.1. The van der Waals surface area contributed by atoms with E-state index in [-0.39, 0.29) is 30.7 Å². The highest BCUT2D eigenvalue weighted by molar-refractivity contribution is 5.93. The molecule has 0 saturated carbocycles. The van der Waals surface area contributed by atoms with Crippen LogP contribution in [-0.2, 0) is 16.0 Å². The smallest absolute Gasteiger partial charge is 0.274 e. The van der Waals surface area contributed by atoms with Gasteiger partial charge in [0.2, 0.25) is 0 Å². The molecule has 0 spiro atoms. The quantitative estimate of drug-likeness (QED) is 0.615. The summed E-state index contributed by atoms with van der Waals surface area (Å²) in [5.74, 6) is -0.435. The van der Waals surface area contributed by atoms with Gasteiger partial charge in [0, 0.05) is 51.8 Å². The molecule has 32 heavy (non-hydrogen) atoms. The lowest BCUT2D eigenvalue weighted by Gasteiger charge is -2.42. The number of rotatable bonds is 5. The third-order valence-corrected chi connectivity index (χ3v) is 5.49. The van der Waals surface area contributed by atoms with Crippen LogP contribution in [0.2, 0.25) is 0 Å². The molecule has 1 atom stereocenters. The summed E-state index contributed by atoms with van der Waals surface area (Å²) in [6.07, 6.45) is 8.34. The molecule has 164 valence electrons. The number of likely N-dealkylation sites (N-methyl/N-ethyl adjacent to an activating group) is 1. The molecule has 8 heteroatoms. The van der Waals surface area contributed by atoms with Gasteiger partial charge in [-0.25, -0.2) is 4.98 Å². The van der Waals surface area contributed by atoms with Gasteiger partial charge in [0.1, 0.15) is 5.69 Å². The molecule has 4 rings (SSSR count). The average molecular weight is 431 g/mol. The van der Waals surface area contributed by atoms with Crippen LogP contribution in [0.4, 0.5) is 0 Å². The minimum atomic E-state index is -1.17. The number of carbonyl (C=O) groups excluding carboxylic acids is 2. The van der Waals surface area contributed by atoms with E-state index in [2.05, 4.69) is 15.0 Å². The van der Waals surface area contributed by atoms with Crippen molar-refractivity contribution in [1.82, 2.24) is 24.8 Å². The first-order valence-electron chi connectivity index (χ1n) is 10.4. The number of nitrogens with zero attached hydrogens (tertiary/aromatic N) is 5. The first kappa shape index (κ1) is 21.6. The number of hydrogen-bond donors (Lipinski definition) is 0. The Morgan fingerprint density at radius 1 is 1.03 bits per heavy atom. The maximum Gasteiger partial charge on any atom is 0.274 e. The maximum absolute atomic E-state index is 13.2. The van der Waals surface area contributed by atoms with Gasteiger partial charge in [-0.15, -0.1) is 0 Å². The van der Waals surface area contributed by atoms with Crippen molar-refractivity contribution in [2.75, 3.05) is 33.8 Å². The van der Waals surface area contributed by atoms with Crippen LogP contribution < -0.4 is 0 Å². The second kappa shape index (κ2) is 9.23. The number of morpholine rings is 1. The van der Waals surface area contributed by atoms with Crippen molar-refractivity contribution >= 4 is 11.8 Å². The molecule has 1 aliphatic rings.